The molecule has 0 aromatic heterocycles. The topological polar surface area (TPSA) is 52.6 Å². The second-order valence-electron chi connectivity index (χ2n) is 4.67. The van der Waals surface area contributed by atoms with Crippen LogP contribution in [0.25, 0.3) is 0 Å². The van der Waals surface area contributed by atoms with Crippen molar-refractivity contribution in [2.24, 2.45) is 5.92 Å². The summed E-state index contributed by atoms with van der Waals surface area (Å²) in [6.45, 7) is 0. The van der Waals surface area contributed by atoms with Crippen LogP contribution >= 0.6 is 15.9 Å². The summed E-state index contributed by atoms with van der Waals surface area (Å²) in [6, 6.07) is 5.56. The Morgan fingerprint density at radius 2 is 2.05 bits per heavy atom. The Hall–Kier alpha value is -0.750. The van der Waals surface area contributed by atoms with Crippen LogP contribution in [0.3, 0.4) is 0 Å². The molecule has 1 heterocycles. The molecule has 6 heteroatoms. The van der Waals surface area contributed by atoms with Gasteiger partial charge in [-0.15, -0.1) is 0 Å². The number of alkyl halides is 1. The fraction of sp³-hybridized carbons (Fsp3) is 0.538. The molecular weight excluding hydrogens is 332 g/mol. The Bertz CT molecular complexity index is 556. The summed E-state index contributed by atoms with van der Waals surface area (Å²) in [5.41, 5.74) is 0.934. The van der Waals surface area contributed by atoms with Crippen molar-refractivity contribution in [3.8, 4) is 11.5 Å². The number of benzene rings is 1. The summed E-state index contributed by atoms with van der Waals surface area (Å²) in [5, 5.41) is 0. The Labute approximate surface area is 122 Å². The molecule has 0 radical (unpaired) electrons. The Morgan fingerprint density at radius 1 is 1.32 bits per heavy atom. The van der Waals surface area contributed by atoms with E-state index >= 15 is 0 Å². The quantitative estimate of drug-likeness (QED) is 0.784. The van der Waals surface area contributed by atoms with Crippen molar-refractivity contribution in [1.29, 1.82) is 0 Å². The maximum Gasteiger partial charge on any atom is 0.150 e. The molecule has 1 saturated heterocycles. The molecule has 0 amide bonds. The zero-order valence-corrected chi connectivity index (χ0v) is 13.3. The van der Waals surface area contributed by atoms with Crippen molar-refractivity contribution in [1.82, 2.24) is 0 Å². The van der Waals surface area contributed by atoms with E-state index in [4.69, 9.17) is 9.47 Å². The number of halogens is 1. The van der Waals surface area contributed by atoms with Crippen molar-refractivity contribution in [3.63, 3.8) is 0 Å². The van der Waals surface area contributed by atoms with Gasteiger partial charge < -0.3 is 9.47 Å². The van der Waals surface area contributed by atoms with Crippen molar-refractivity contribution in [2.75, 3.05) is 25.7 Å². The van der Waals surface area contributed by atoms with Gasteiger partial charge in [-0.25, -0.2) is 8.42 Å². The van der Waals surface area contributed by atoms with Gasteiger partial charge >= 0.3 is 0 Å². The van der Waals surface area contributed by atoms with Gasteiger partial charge in [-0.3, -0.25) is 0 Å². The Balaban J connectivity index is 2.30. The van der Waals surface area contributed by atoms with E-state index in [1.807, 2.05) is 18.2 Å². The van der Waals surface area contributed by atoms with Gasteiger partial charge in [0.2, 0.25) is 0 Å². The number of ether oxygens (including phenoxy) is 2. The lowest BCUT2D eigenvalue weighted by atomic mass is 9.98. The highest BCUT2D eigenvalue weighted by atomic mass is 79.9. The van der Waals surface area contributed by atoms with E-state index < -0.39 is 9.84 Å². The molecule has 1 aromatic carbocycles. The van der Waals surface area contributed by atoms with Gasteiger partial charge in [-0.05, 0) is 30.5 Å². The lowest BCUT2D eigenvalue weighted by molar-refractivity contribution is 0.395. The SMILES string of the molecule is COc1ccc(OC)c(C(Br)C2CCS(=O)(=O)C2)c1. The van der Waals surface area contributed by atoms with Crippen LogP contribution in [0.1, 0.15) is 16.8 Å². The Kier molecular flexibility index (Phi) is 4.40. The molecule has 19 heavy (non-hydrogen) atoms. The van der Waals surface area contributed by atoms with Crippen LogP contribution < -0.4 is 9.47 Å². The van der Waals surface area contributed by atoms with Crippen molar-refractivity contribution >= 4 is 25.8 Å². The van der Waals surface area contributed by atoms with Gasteiger partial charge in [0.1, 0.15) is 11.5 Å². The summed E-state index contributed by atoms with van der Waals surface area (Å²) >= 11 is 3.62. The predicted molar refractivity (Wildman–Crippen MR) is 78.0 cm³/mol. The summed E-state index contributed by atoms with van der Waals surface area (Å²) < 4.78 is 33.7. The molecule has 1 aliphatic heterocycles. The van der Waals surface area contributed by atoms with Crippen LogP contribution in [0.15, 0.2) is 18.2 Å². The van der Waals surface area contributed by atoms with E-state index in [2.05, 4.69) is 15.9 Å². The van der Waals surface area contributed by atoms with Crippen LogP contribution in [0.5, 0.6) is 11.5 Å². The van der Waals surface area contributed by atoms with Crippen LogP contribution in [0, 0.1) is 5.92 Å². The van der Waals surface area contributed by atoms with Crippen molar-refractivity contribution in [3.05, 3.63) is 23.8 Å². The second-order valence-corrected chi connectivity index (χ2v) is 7.89. The number of hydrogen-bond acceptors (Lipinski definition) is 4. The van der Waals surface area contributed by atoms with Crippen molar-refractivity contribution < 1.29 is 17.9 Å². The lowest BCUT2D eigenvalue weighted by Gasteiger charge is -2.19. The van der Waals surface area contributed by atoms with E-state index in [0.29, 0.717) is 6.42 Å². The number of hydrogen-bond donors (Lipinski definition) is 0. The molecule has 0 spiro atoms. The highest BCUT2D eigenvalue weighted by Crippen LogP contribution is 2.42. The molecule has 1 fully saturated rings. The van der Waals surface area contributed by atoms with Crippen LogP contribution in [-0.2, 0) is 9.84 Å². The molecule has 0 aliphatic carbocycles. The lowest BCUT2D eigenvalue weighted by Crippen LogP contribution is -2.11. The van der Waals surface area contributed by atoms with E-state index in [0.717, 1.165) is 17.1 Å². The standard InChI is InChI=1S/C13H17BrO4S/c1-17-10-3-4-12(18-2)11(7-10)13(14)9-5-6-19(15,16)8-9/h3-4,7,9,13H,5-6,8H2,1-2H3. The molecule has 2 rings (SSSR count). The second kappa shape index (κ2) is 5.71. The van der Waals surface area contributed by atoms with E-state index in [1.54, 1.807) is 14.2 Å². The molecule has 4 nitrogen and oxygen atoms in total. The minimum absolute atomic E-state index is 0.0465. The van der Waals surface area contributed by atoms with Gasteiger partial charge in [0.05, 0.1) is 25.7 Å². The maximum atomic E-state index is 11.6. The minimum Gasteiger partial charge on any atom is -0.497 e. The summed E-state index contributed by atoms with van der Waals surface area (Å²) in [5.74, 6) is 2.05. The minimum atomic E-state index is -2.89. The molecule has 0 N–H and O–H groups in total. The van der Waals surface area contributed by atoms with E-state index in [-0.39, 0.29) is 22.3 Å². The first-order valence-corrected chi connectivity index (χ1v) is 8.77. The van der Waals surface area contributed by atoms with Crippen LogP contribution in [0.4, 0.5) is 0 Å². The normalized spacial score (nSPS) is 23.0. The fourth-order valence-corrected chi connectivity index (χ4v) is 5.26. The van der Waals surface area contributed by atoms with E-state index in [1.165, 1.54) is 0 Å². The first kappa shape index (κ1) is 14.7. The van der Waals surface area contributed by atoms with Gasteiger partial charge in [-0.1, -0.05) is 15.9 Å². The fourth-order valence-electron chi connectivity index (χ4n) is 2.36. The van der Waals surface area contributed by atoms with Gasteiger partial charge in [-0.2, -0.15) is 0 Å². The summed E-state index contributed by atoms with van der Waals surface area (Å²) in [7, 11) is 0.328. The van der Waals surface area contributed by atoms with Crippen LogP contribution in [-0.4, -0.2) is 34.1 Å². The predicted octanol–water partition coefficient (Wildman–Crippen LogP) is 2.57. The molecule has 1 aliphatic rings. The number of rotatable bonds is 4. The Morgan fingerprint density at radius 3 is 2.58 bits per heavy atom. The van der Waals surface area contributed by atoms with Crippen molar-refractivity contribution in [2.45, 2.75) is 11.2 Å². The third-order valence-corrected chi connectivity index (χ3v) is 6.45. The van der Waals surface area contributed by atoms with Gasteiger partial charge in [0.25, 0.3) is 0 Å². The van der Waals surface area contributed by atoms with E-state index in [9.17, 15) is 8.42 Å². The van der Waals surface area contributed by atoms with Gasteiger partial charge in [0, 0.05) is 10.4 Å². The molecule has 2 unspecified atom stereocenters. The highest BCUT2D eigenvalue weighted by Gasteiger charge is 2.34. The third-order valence-electron chi connectivity index (χ3n) is 3.42. The zero-order chi connectivity index (χ0) is 14.0. The molecule has 0 bridgehead atoms. The van der Waals surface area contributed by atoms with Crippen LogP contribution in [0.2, 0.25) is 0 Å². The first-order valence-electron chi connectivity index (χ1n) is 6.03. The number of sulfone groups is 1. The third kappa shape index (κ3) is 3.23. The number of methoxy groups -OCH3 is 2. The summed E-state index contributed by atoms with van der Waals surface area (Å²) in [6.07, 6.45) is 0.679. The smallest absolute Gasteiger partial charge is 0.150 e. The average Bonchev–Trinajstić information content (AvgIpc) is 2.77. The first-order chi connectivity index (χ1) is 8.96. The monoisotopic (exact) mass is 348 g/mol. The maximum absolute atomic E-state index is 11.6. The summed E-state index contributed by atoms with van der Waals surface area (Å²) in [4.78, 5) is -0.0465. The average molecular weight is 349 g/mol. The molecule has 0 saturated carbocycles. The molecule has 106 valence electrons. The highest BCUT2D eigenvalue weighted by molar-refractivity contribution is 9.09. The zero-order valence-electron chi connectivity index (χ0n) is 10.9. The molecular formula is C13H17BrO4S. The van der Waals surface area contributed by atoms with Gasteiger partial charge in [0.15, 0.2) is 9.84 Å². The largest absolute Gasteiger partial charge is 0.497 e. The molecule has 1 aromatic rings. The molecule has 2 atom stereocenters.